The van der Waals surface area contributed by atoms with E-state index in [9.17, 15) is 4.79 Å². The van der Waals surface area contributed by atoms with Crippen molar-refractivity contribution in [2.24, 2.45) is 7.05 Å². The molecule has 1 heterocycles. The first-order chi connectivity index (χ1) is 9.08. The van der Waals surface area contributed by atoms with Crippen LogP contribution in [0.2, 0.25) is 0 Å². The summed E-state index contributed by atoms with van der Waals surface area (Å²) in [5, 5.41) is 3.30. The highest BCUT2D eigenvalue weighted by Gasteiger charge is 2.02. The Labute approximate surface area is 121 Å². The van der Waals surface area contributed by atoms with Gasteiger partial charge < -0.3 is 9.88 Å². The molecule has 0 saturated heterocycles. The van der Waals surface area contributed by atoms with Gasteiger partial charge >= 0.3 is 0 Å². The van der Waals surface area contributed by atoms with E-state index in [1.165, 1.54) is 5.56 Å². The fraction of sp³-hybridized carbons (Fsp3) is 0.267. The van der Waals surface area contributed by atoms with Gasteiger partial charge in [0, 0.05) is 35.9 Å². The second-order valence-corrected chi connectivity index (χ2v) is 5.51. The van der Waals surface area contributed by atoms with Crippen molar-refractivity contribution in [2.45, 2.75) is 20.0 Å². The van der Waals surface area contributed by atoms with Gasteiger partial charge in [0.05, 0.1) is 0 Å². The van der Waals surface area contributed by atoms with Crippen molar-refractivity contribution in [1.82, 2.24) is 9.88 Å². The Hall–Kier alpha value is -1.39. The van der Waals surface area contributed by atoms with Gasteiger partial charge in [-0.15, -0.1) is 0 Å². The molecule has 0 atom stereocenters. The number of benzene rings is 1. The normalized spacial score (nSPS) is 10.7. The SMILES string of the molecule is Cc1ccc(CNCc2ccc(Br)cc2)c(=O)n1C. The van der Waals surface area contributed by atoms with Crippen molar-refractivity contribution in [3.63, 3.8) is 0 Å². The first-order valence-electron chi connectivity index (χ1n) is 6.18. The third kappa shape index (κ3) is 3.55. The van der Waals surface area contributed by atoms with Crippen molar-refractivity contribution in [3.8, 4) is 0 Å². The van der Waals surface area contributed by atoms with E-state index in [0.29, 0.717) is 6.54 Å². The van der Waals surface area contributed by atoms with E-state index in [-0.39, 0.29) is 5.56 Å². The van der Waals surface area contributed by atoms with Gasteiger partial charge in [-0.2, -0.15) is 0 Å². The van der Waals surface area contributed by atoms with Crippen molar-refractivity contribution in [2.75, 3.05) is 0 Å². The number of aromatic nitrogens is 1. The topological polar surface area (TPSA) is 34.0 Å². The lowest BCUT2D eigenvalue weighted by Gasteiger charge is -2.08. The van der Waals surface area contributed by atoms with E-state index in [1.807, 2.05) is 31.2 Å². The summed E-state index contributed by atoms with van der Waals surface area (Å²) in [7, 11) is 1.80. The Morgan fingerprint density at radius 3 is 2.47 bits per heavy atom. The van der Waals surface area contributed by atoms with E-state index < -0.39 is 0 Å². The molecule has 0 amide bonds. The summed E-state index contributed by atoms with van der Waals surface area (Å²) in [6.45, 7) is 3.27. The molecule has 3 nitrogen and oxygen atoms in total. The second-order valence-electron chi connectivity index (χ2n) is 4.59. The first kappa shape index (κ1) is 14.0. The van der Waals surface area contributed by atoms with E-state index in [2.05, 4.69) is 33.4 Å². The number of rotatable bonds is 4. The van der Waals surface area contributed by atoms with E-state index >= 15 is 0 Å². The third-order valence-corrected chi connectivity index (χ3v) is 3.72. The Balaban J connectivity index is 1.98. The lowest BCUT2D eigenvalue weighted by molar-refractivity contribution is 0.674. The Kier molecular flexibility index (Phi) is 4.56. The summed E-state index contributed by atoms with van der Waals surface area (Å²) >= 11 is 3.41. The Bertz CT molecular complexity index is 617. The number of hydrogen-bond acceptors (Lipinski definition) is 2. The number of hydrogen-bond donors (Lipinski definition) is 1. The molecule has 0 aliphatic heterocycles. The minimum atomic E-state index is 0.0725. The van der Waals surface area contributed by atoms with Crippen molar-refractivity contribution in [1.29, 1.82) is 0 Å². The molecule has 4 heteroatoms. The van der Waals surface area contributed by atoms with Gasteiger partial charge in [-0.05, 0) is 30.7 Å². The maximum absolute atomic E-state index is 12.0. The van der Waals surface area contributed by atoms with Crippen molar-refractivity contribution in [3.05, 3.63) is 68.0 Å². The number of pyridine rings is 1. The molecule has 0 saturated carbocycles. The molecule has 0 aliphatic rings. The van der Waals surface area contributed by atoms with Crippen LogP contribution in [-0.4, -0.2) is 4.57 Å². The molecule has 2 aromatic rings. The zero-order chi connectivity index (χ0) is 13.8. The third-order valence-electron chi connectivity index (χ3n) is 3.19. The van der Waals surface area contributed by atoms with Gasteiger partial charge in [-0.25, -0.2) is 0 Å². The van der Waals surface area contributed by atoms with E-state index in [0.717, 1.165) is 22.3 Å². The van der Waals surface area contributed by atoms with Gasteiger partial charge in [-0.1, -0.05) is 34.1 Å². The number of halogens is 1. The predicted molar refractivity (Wildman–Crippen MR) is 81.1 cm³/mol. The fourth-order valence-corrected chi connectivity index (χ4v) is 2.12. The van der Waals surface area contributed by atoms with Crippen LogP contribution in [0.4, 0.5) is 0 Å². The highest BCUT2D eigenvalue weighted by Crippen LogP contribution is 2.10. The number of nitrogens with one attached hydrogen (secondary N) is 1. The molecule has 100 valence electrons. The van der Waals surface area contributed by atoms with E-state index in [1.54, 1.807) is 11.6 Å². The maximum Gasteiger partial charge on any atom is 0.254 e. The summed E-state index contributed by atoms with van der Waals surface area (Å²) in [4.78, 5) is 12.0. The minimum Gasteiger partial charge on any atom is -0.316 e. The van der Waals surface area contributed by atoms with Crippen LogP contribution in [0.15, 0.2) is 45.7 Å². The van der Waals surface area contributed by atoms with Crippen LogP contribution in [0.3, 0.4) is 0 Å². The molecule has 1 N–H and O–H groups in total. The summed E-state index contributed by atoms with van der Waals surface area (Å²) in [5.74, 6) is 0. The summed E-state index contributed by atoms with van der Waals surface area (Å²) < 4.78 is 2.75. The zero-order valence-corrected chi connectivity index (χ0v) is 12.7. The highest BCUT2D eigenvalue weighted by atomic mass is 79.9. The van der Waals surface area contributed by atoms with Gasteiger partial charge in [0.1, 0.15) is 0 Å². The molecule has 2 rings (SSSR count). The molecular weight excluding hydrogens is 304 g/mol. The number of aryl methyl sites for hydroxylation is 1. The molecule has 0 spiro atoms. The van der Waals surface area contributed by atoms with Crippen LogP contribution in [0.5, 0.6) is 0 Å². The summed E-state index contributed by atoms with van der Waals surface area (Å²) in [5.41, 5.74) is 3.04. The molecule has 0 unspecified atom stereocenters. The molecule has 0 bridgehead atoms. The average Bonchev–Trinajstić information content (AvgIpc) is 2.41. The van der Waals surface area contributed by atoms with Crippen LogP contribution >= 0.6 is 15.9 Å². The number of nitrogens with zero attached hydrogens (tertiary/aromatic N) is 1. The monoisotopic (exact) mass is 320 g/mol. The van der Waals surface area contributed by atoms with Crippen molar-refractivity contribution >= 4 is 15.9 Å². The Morgan fingerprint density at radius 2 is 1.79 bits per heavy atom. The predicted octanol–water partition coefficient (Wildman–Crippen LogP) is 2.75. The van der Waals surface area contributed by atoms with Crippen LogP contribution in [0, 0.1) is 6.92 Å². The first-order valence-corrected chi connectivity index (χ1v) is 6.98. The standard InChI is InChI=1S/C15H17BrN2O/c1-11-3-6-13(15(19)18(11)2)10-17-9-12-4-7-14(16)8-5-12/h3-8,17H,9-10H2,1-2H3. The molecule has 1 aromatic carbocycles. The van der Waals surface area contributed by atoms with Crippen LogP contribution < -0.4 is 10.9 Å². The van der Waals surface area contributed by atoms with E-state index in [4.69, 9.17) is 0 Å². The summed E-state index contributed by atoms with van der Waals surface area (Å²) in [6.07, 6.45) is 0. The van der Waals surface area contributed by atoms with Crippen LogP contribution in [-0.2, 0) is 20.1 Å². The molecule has 0 radical (unpaired) electrons. The Morgan fingerprint density at radius 1 is 1.11 bits per heavy atom. The van der Waals surface area contributed by atoms with Gasteiger partial charge in [-0.3, -0.25) is 4.79 Å². The van der Waals surface area contributed by atoms with Crippen molar-refractivity contribution < 1.29 is 0 Å². The van der Waals surface area contributed by atoms with Gasteiger partial charge in [0.25, 0.3) is 5.56 Å². The molecule has 19 heavy (non-hydrogen) atoms. The molecule has 1 aromatic heterocycles. The quantitative estimate of drug-likeness (QED) is 0.939. The molecular formula is C15H17BrN2O. The summed E-state index contributed by atoms with van der Waals surface area (Å²) in [6, 6.07) is 12.0. The smallest absolute Gasteiger partial charge is 0.254 e. The molecule has 0 aliphatic carbocycles. The van der Waals surface area contributed by atoms with Gasteiger partial charge in [0.15, 0.2) is 0 Å². The molecule has 0 fully saturated rings. The lowest BCUT2D eigenvalue weighted by Crippen LogP contribution is -2.26. The minimum absolute atomic E-state index is 0.0725. The lowest BCUT2D eigenvalue weighted by atomic mass is 10.2. The fourth-order valence-electron chi connectivity index (χ4n) is 1.86. The van der Waals surface area contributed by atoms with Crippen LogP contribution in [0.1, 0.15) is 16.8 Å². The largest absolute Gasteiger partial charge is 0.316 e. The maximum atomic E-state index is 12.0. The highest BCUT2D eigenvalue weighted by molar-refractivity contribution is 9.10. The average molecular weight is 321 g/mol. The van der Waals surface area contributed by atoms with Gasteiger partial charge in [0.2, 0.25) is 0 Å². The zero-order valence-electron chi connectivity index (χ0n) is 11.1. The second kappa shape index (κ2) is 6.17. The van der Waals surface area contributed by atoms with Crippen LogP contribution in [0.25, 0.3) is 0 Å².